The molecule has 0 bridgehead atoms. The molecule has 0 saturated heterocycles. The molecule has 0 radical (unpaired) electrons. The number of carbonyl (C=O) groups is 2. The van der Waals surface area contributed by atoms with Crippen LogP contribution in [0.3, 0.4) is 0 Å². The van der Waals surface area contributed by atoms with E-state index in [1.165, 1.54) is 0 Å². The van der Waals surface area contributed by atoms with Gasteiger partial charge in [-0.05, 0) is 56.5 Å². The second-order valence-corrected chi connectivity index (χ2v) is 9.53. The maximum absolute atomic E-state index is 13.6. The minimum Gasteiger partial charge on any atom is -0.311 e. The van der Waals surface area contributed by atoms with Gasteiger partial charge in [0.05, 0.1) is 23.6 Å². The van der Waals surface area contributed by atoms with E-state index in [2.05, 4.69) is 0 Å². The molecular formula is C30H26N4O3. The van der Waals surface area contributed by atoms with Crippen LogP contribution in [0.25, 0.3) is 22.1 Å². The highest BCUT2D eigenvalue weighted by Crippen LogP contribution is 2.37. The van der Waals surface area contributed by atoms with Gasteiger partial charge in [0.2, 0.25) is 0 Å². The summed E-state index contributed by atoms with van der Waals surface area (Å²) in [5.41, 5.74) is 5.23. The molecule has 1 aliphatic heterocycles. The topological polar surface area (TPSA) is 69.2 Å². The third-order valence-electron chi connectivity index (χ3n) is 7.43. The SMILES string of the molecule is Cc1cc(C(=O)CN2C(=O)c3cccc4cccc2c34)c(C)n1-c1c(C)n(C)n(-c2ccccc2)c1=O. The number of ketones is 1. The summed E-state index contributed by atoms with van der Waals surface area (Å²) < 4.78 is 5.31. The fourth-order valence-electron chi connectivity index (χ4n) is 5.57. The number of Topliss-reactive ketones (excluding diaryl/α,β-unsaturated/α-hetero) is 1. The fraction of sp³-hybridized carbons (Fsp3) is 0.167. The van der Waals surface area contributed by atoms with E-state index in [9.17, 15) is 14.4 Å². The average Bonchev–Trinajstić information content (AvgIpc) is 3.43. The van der Waals surface area contributed by atoms with E-state index in [0.717, 1.165) is 33.5 Å². The Morgan fingerprint density at radius 2 is 1.54 bits per heavy atom. The Morgan fingerprint density at radius 3 is 2.27 bits per heavy atom. The zero-order valence-electron chi connectivity index (χ0n) is 21.1. The van der Waals surface area contributed by atoms with Gasteiger partial charge >= 0.3 is 0 Å². The third kappa shape index (κ3) is 3.24. The first kappa shape index (κ1) is 22.8. The number of hydrogen-bond donors (Lipinski definition) is 0. The van der Waals surface area contributed by atoms with Crippen molar-refractivity contribution in [1.29, 1.82) is 0 Å². The first-order valence-corrected chi connectivity index (χ1v) is 12.2. The van der Waals surface area contributed by atoms with Crippen molar-refractivity contribution in [3.63, 3.8) is 0 Å². The van der Waals surface area contributed by atoms with E-state index in [-0.39, 0.29) is 23.8 Å². The van der Waals surface area contributed by atoms with Crippen molar-refractivity contribution in [2.45, 2.75) is 20.8 Å². The van der Waals surface area contributed by atoms with Crippen molar-refractivity contribution in [1.82, 2.24) is 13.9 Å². The van der Waals surface area contributed by atoms with Crippen LogP contribution >= 0.6 is 0 Å². The van der Waals surface area contributed by atoms with E-state index in [4.69, 9.17) is 0 Å². The molecule has 7 heteroatoms. The van der Waals surface area contributed by atoms with Gasteiger partial charge in [-0.15, -0.1) is 0 Å². The number of rotatable bonds is 5. The van der Waals surface area contributed by atoms with Gasteiger partial charge in [-0.3, -0.25) is 24.0 Å². The number of benzene rings is 3. The Bertz CT molecular complexity index is 1800. The molecule has 0 N–H and O–H groups in total. The lowest BCUT2D eigenvalue weighted by Crippen LogP contribution is -2.32. The molecule has 0 aliphatic carbocycles. The van der Waals surface area contributed by atoms with Crippen molar-refractivity contribution in [3.8, 4) is 11.4 Å². The molecule has 37 heavy (non-hydrogen) atoms. The Balaban J connectivity index is 1.40. The van der Waals surface area contributed by atoms with Crippen molar-refractivity contribution in [3.05, 3.63) is 111 Å². The van der Waals surface area contributed by atoms with Crippen LogP contribution in [0, 0.1) is 20.8 Å². The highest BCUT2D eigenvalue weighted by atomic mass is 16.2. The molecule has 184 valence electrons. The number of carbonyl (C=O) groups excluding carboxylic acids is 2. The normalized spacial score (nSPS) is 12.6. The summed E-state index contributed by atoms with van der Waals surface area (Å²) in [6, 6.07) is 22.7. The molecule has 0 atom stereocenters. The average molecular weight is 491 g/mol. The highest BCUT2D eigenvalue weighted by molar-refractivity contribution is 6.26. The molecule has 1 aliphatic rings. The minimum atomic E-state index is -0.172. The molecule has 0 unspecified atom stereocenters. The van der Waals surface area contributed by atoms with Crippen molar-refractivity contribution in [2.24, 2.45) is 7.05 Å². The van der Waals surface area contributed by atoms with E-state index >= 15 is 0 Å². The maximum atomic E-state index is 13.6. The zero-order valence-corrected chi connectivity index (χ0v) is 21.1. The van der Waals surface area contributed by atoms with Crippen LogP contribution < -0.4 is 10.5 Å². The highest BCUT2D eigenvalue weighted by Gasteiger charge is 2.32. The van der Waals surface area contributed by atoms with Gasteiger partial charge in [0.15, 0.2) is 5.78 Å². The summed E-state index contributed by atoms with van der Waals surface area (Å²) in [7, 11) is 1.85. The lowest BCUT2D eigenvalue weighted by Gasteiger charge is -2.17. The summed E-state index contributed by atoms with van der Waals surface area (Å²) in [4.78, 5) is 42.0. The molecule has 0 spiro atoms. The van der Waals surface area contributed by atoms with E-state index in [1.54, 1.807) is 15.6 Å². The van der Waals surface area contributed by atoms with Crippen LogP contribution in [0.1, 0.15) is 37.8 Å². The van der Waals surface area contributed by atoms with Crippen LogP contribution in [0.4, 0.5) is 5.69 Å². The summed E-state index contributed by atoms with van der Waals surface area (Å²) in [5, 5.41) is 1.86. The molecule has 3 heterocycles. The third-order valence-corrected chi connectivity index (χ3v) is 7.43. The minimum absolute atomic E-state index is 0.0705. The number of amides is 1. The van der Waals surface area contributed by atoms with Gasteiger partial charge in [0, 0.05) is 34.9 Å². The van der Waals surface area contributed by atoms with Gasteiger partial charge in [-0.25, -0.2) is 4.68 Å². The maximum Gasteiger partial charge on any atom is 0.295 e. The molecule has 7 nitrogen and oxygen atoms in total. The van der Waals surface area contributed by atoms with Crippen LogP contribution in [0.5, 0.6) is 0 Å². The number of para-hydroxylation sites is 1. The molecule has 6 rings (SSSR count). The number of aromatic nitrogens is 3. The van der Waals surface area contributed by atoms with Gasteiger partial charge in [0.25, 0.3) is 11.5 Å². The van der Waals surface area contributed by atoms with Crippen LogP contribution in [0.2, 0.25) is 0 Å². The summed E-state index contributed by atoms with van der Waals surface area (Å²) in [5.74, 6) is -0.340. The predicted octanol–water partition coefficient (Wildman–Crippen LogP) is 4.89. The monoisotopic (exact) mass is 490 g/mol. The molecular weight excluding hydrogens is 464 g/mol. The second-order valence-electron chi connectivity index (χ2n) is 9.53. The van der Waals surface area contributed by atoms with Gasteiger partial charge in [-0.2, -0.15) is 0 Å². The van der Waals surface area contributed by atoms with Crippen LogP contribution in [0.15, 0.2) is 77.6 Å². The van der Waals surface area contributed by atoms with E-state index < -0.39 is 0 Å². The van der Waals surface area contributed by atoms with E-state index in [0.29, 0.717) is 22.5 Å². The summed E-state index contributed by atoms with van der Waals surface area (Å²) >= 11 is 0. The number of hydrogen-bond acceptors (Lipinski definition) is 3. The largest absolute Gasteiger partial charge is 0.311 e. The molecule has 0 fully saturated rings. The lowest BCUT2D eigenvalue weighted by molar-refractivity contribution is 0.0941. The van der Waals surface area contributed by atoms with Crippen LogP contribution in [-0.4, -0.2) is 32.2 Å². The first-order chi connectivity index (χ1) is 17.8. The molecule has 5 aromatic rings. The Hall–Kier alpha value is -4.65. The standard InChI is InChI=1S/C30H26N4O3/c1-18-16-24(26(35)17-32-25-15-9-11-21-10-8-14-23(27(21)25)29(32)36)19(2)33(18)28-20(3)31(4)34(30(28)37)22-12-6-5-7-13-22/h5-16H,17H2,1-4H3. The summed E-state index contributed by atoms with van der Waals surface area (Å²) in [6.45, 7) is 5.57. The quantitative estimate of drug-likeness (QED) is 0.330. The second kappa shape index (κ2) is 8.20. The lowest BCUT2D eigenvalue weighted by atomic mass is 10.1. The molecule has 3 aromatic carbocycles. The van der Waals surface area contributed by atoms with Crippen LogP contribution in [-0.2, 0) is 7.05 Å². The van der Waals surface area contributed by atoms with Crippen molar-refractivity contribution >= 4 is 28.2 Å². The van der Waals surface area contributed by atoms with Crippen molar-refractivity contribution in [2.75, 3.05) is 11.4 Å². The summed E-state index contributed by atoms with van der Waals surface area (Å²) in [6.07, 6.45) is 0. The predicted molar refractivity (Wildman–Crippen MR) is 145 cm³/mol. The zero-order chi connectivity index (χ0) is 26.0. The Kier molecular flexibility index (Phi) is 5.05. The Labute approximate surface area is 213 Å². The molecule has 1 amide bonds. The van der Waals surface area contributed by atoms with Crippen molar-refractivity contribution < 1.29 is 9.59 Å². The van der Waals surface area contributed by atoms with Gasteiger partial charge in [-0.1, -0.05) is 42.5 Å². The smallest absolute Gasteiger partial charge is 0.295 e. The van der Waals surface area contributed by atoms with Gasteiger partial charge in [0.1, 0.15) is 5.69 Å². The molecule has 0 saturated carbocycles. The fourth-order valence-corrected chi connectivity index (χ4v) is 5.57. The number of anilines is 1. The number of nitrogens with zero attached hydrogens (tertiary/aromatic N) is 4. The Morgan fingerprint density at radius 1 is 0.838 bits per heavy atom. The molecule has 2 aromatic heterocycles. The van der Waals surface area contributed by atoms with E-state index in [1.807, 2.05) is 104 Å². The van der Waals surface area contributed by atoms with Gasteiger partial charge < -0.3 is 4.57 Å². The first-order valence-electron chi connectivity index (χ1n) is 12.2. The number of aryl methyl sites for hydroxylation is 1.